The van der Waals surface area contributed by atoms with Crippen LogP contribution in [0, 0.1) is 5.82 Å². The largest absolute Gasteiger partial charge is 0.321 e. The highest BCUT2D eigenvalue weighted by atomic mass is 79.9. The van der Waals surface area contributed by atoms with Gasteiger partial charge in [0, 0.05) is 11.0 Å². The summed E-state index contributed by atoms with van der Waals surface area (Å²) in [4.78, 5) is 12.3. The molecular formula is C21H18BrFN2O3S. The number of anilines is 1. The van der Waals surface area contributed by atoms with Crippen LogP contribution in [-0.2, 0) is 16.4 Å². The Kier molecular flexibility index (Phi) is 6.79. The van der Waals surface area contributed by atoms with Gasteiger partial charge in [-0.15, -0.1) is 0 Å². The molecule has 0 radical (unpaired) electrons. The number of carbonyl (C=O) groups excluding carboxylic acids is 1. The number of hydrogen-bond donors (Lipinski definition) is 2. The summed E-state index contributed by atoms with van der Waals surface area (Å²) in [7, 11) is -3.89. The fraction of sp³-hybridized carbons (Fsp3) is 0.0952. The Bertz CT molecular complexity index is 1120. The molecular weight excluding hydrogens is 459 g/mol. The Balaban J connectivity index is 1.75. The van der Waals surface area contributed by atoms with Gasteiger partial charge in [0.05, 0.1) is 16.1 Å². The number of sulfonamides is 1. The van der Waals surface area contributed by atoms with Gasteiger partial charge in [0.2, 0.25) is 10.0 Å². The summed E-state index contributed by atoms with van der Waals surface area (Å²) >= 11 is 3.30. The summed E-state index contributed by atoms with van der Waals surface area (Å²) in [6.07, 6.45) is 0.511. The third kappa shape index (κ3) is 5.50. The lowest BCUT2D eigenvalue weighted by molar-refractivity contribution is 0.102. The minimum atomic E-state index is -3.89. The van der Waals surface area contributed by atoms with Crippen LogP contribution in [0.25, 0.3) is 0 Å². The van der Waals surface area contributed by atoms with Gasteiger partial charge in [-0.05, 0) is 58.2 Å². The normalized spacial score (nSPS) is 11.2. The molecule has 3 rings (SSSR count). The smallest absolute Gasteiger partial charge is 0.258 e. The number of hydrogen-bond acceptors (Lipinski definition) is 3. The molecule has 3 aromatic carbocycles. The number of amides is 1. The molecule has 0 heterocycles. The molecule has 0 saturated carbocycles. The van der Waals surface area contributed by atoms with Crippen LogP contribution >= 0.6 is 15.9 Å². The number of nitrogens with one attached hydrogen (secondary N) is 2. The second-order valence-electron chi connectivity index (χ2n) is 6.21. The zero-order valence-corrected chi connectivity index (χ0v) is 17.6. The number of benzene rings is 3. The monoisotopic (exact) mass is 476 g/mol. The molecule has 3 aromatic rings. The predicted octanol–water partition coefficient (Wildman–Crippen LogP) is 4.36. The van der Waals surface area contributed by atoms with Crippen LogP contribution in [0.4, 0.5) is 10.1 Å². The average Bonchev–Trinajstić information content (AvgIpc) is 2.70. The van der Waals surface area contributed by atoms with Gasteiger partial charge < -0.3 is 5.32 Å². The zero-order chi connectivity index (χ0) is 20.9. The van der Waals surface area contributed by atoms with Crippen molar-refractivity contribution in [2.45, 2.75) is 11.3 Å². The molecule has 0 aromatic heterocycles. The van der Waals surface area contributed by atoms with Crippen LogP contribution in [0.5, 0.6) is 0 Å². The highest BCUT2D eigenvalue weighted by Crippen LogP contribution is 2.23. The summed E-state index contributed by atoms with van der Waals surface area (Å²) in [5, 5.41) is 2.57. The highest BCUT2D eigenvalue weighted by Gasteiger charge is 2.20. The van der Waals surface area contributed by atoms with Gasteiger partial charge >= 0.3 is 0 Å². The Morgan fingerprint density at radius 2 is 1.66 bits per heavy atom. The highest BCUT2D eigenvalue weighted by molar-refractivity contribution is 9.10. The van der Waals surface area contributed by atoms with Gasteiger partial charge in [0.15, 0.2) is 0 Å². The van der Waals surface area contributed by atoms with E-state index in [2.05, 4.69) is 26.0 Å². The Labute approximate surface area is 177 Å². The number of halogens is 2. The maximum Gasteiger partial charge on any atom is 0.258 e. The molecule has 0 aliphatic rings. The van der Waals surface area contributed by atoms with Crippen molar-refractivity contribution in [2.24, 2.45) is 0 Å². The number of para-hydroxylation sites is 1. The van der Waals surface area contributed by atoms with E-state index in [0.29, 0.717) is 16.6 Å². The van der Waals surface area contributed by atoms with Gasteiger partial charge in [0.1, 0.15) is 5.82 Å². The van der Waals surface area contributed by atoms with E-state index in [1.165, 1.54) is 0 Å². The zero-order valence-electron chi connectivity index (χ0n) is 15.2. The molecule has 0 aliphatic carbocycles. The fourth-order valence-corrected chi connectivity index (χ4v) is 4.10. The molecule has 0 unspecified atom stereocenters. The minimum absolute atomic E-state index is 0.177. The van der Waals surface area contributed by atoms with Crippen LogP contribution < -0.4 is 10.0 Å². The van der Waals surface area contributed by atoms with E-state index in [0.717, 1.165) is 23.8 Å². The molecule has 0 saturated heterocycles. The van der Waals surface area contributed by atoms with Crippen LogP contribution in [0.1, 0.15) is 15.9 Å². The maximum atomic E-state index is 14.2. The standard InChI is InChI=1S/C21H18BrFN2O3S/c22-18-8-4-5-9-20(18)25-21(26)17-14-16(10-11-19(17)23)29(27,28)24-13-12-15-6-2-1-3-7-15/h1-11,14,24H,12-13H2,(H,25,26). The first-order valence-corrected chi connectivity index (χ1v) is 11.0. The predicted molar refractivity (Wildman–Crippen MR) is 114 cm³/mol. The summed E-state index contributed by atoms with van der Waals surface area (Å²) in [5.74, 6) is -1.55. The minimum Gasteiger partial charge on any atom is -0.321 e. The first-order chi connectivity index (χ1) is 13.9. The molecule has 1 amide bonds. The lowest BCUT2D eigenvalue weighted by atomic mass is 10.2. The second kappa shape index (κ2) is 9.30. The van der Waals surface area contributed by atoms with Crippen molar-refractivity contribution in [1.29, 1.82) is 0 Å². The summed E-state index contributed by atoms with van der Waals surface area (Å²) in [6.45, 7) is 0.183. The van der Waals surface area contributed by atoms with E-state index in [4.69, 9.17) is 0 Å². The molecule has 0 spiro atoms. The van der Waals surface area contributed by atoms with Gasteiger partial charge in [0.25, 0.3) is 5.91 Å². The summed E-state index contributed by atoms with van der Waals surface area (Å²) < 4.78 is 42.4. The second-order valence-corrected chi connectivity index (χ2v) is 8.83. The molecule has 29 heavy (non-hydrogen) atoms. The Morgan fingerprint density at radius 3 is 2.38 bits per heavy atom. The summed E-state index contributed by atoms with van der Waals surface area (Å²) in [5.41, 5.74) is 1.08. The van der Waals surface area contributed by atoms with Crippen LogP contribution in [0.3, 0.4) is 0 Å². The molecule has 0 aliphatic heterocycles. The van der Waals surface area contributed by atoms with Crippen molar-refractivity contribution in [3.63, 3.8) is 0 Å². The quantitative estimate of drug-likeness (QED) is 0.531. The van der Waals surface area contributed by atoms with E-state index in [-0.39, 0.29) is 17.0 Å². The van der Waals surface area contributed by atoms with Gasteiger partial charge in [-0.3, -0.25) is 4.79 Å². The van der Waals surface area contributed by atoms with E-state index >= 15 is 0 Å². The van der Waals surface area contributed by atoms with Gasteiger partial charge in [-0.25, -0.2) is 17.5 Å². The van der Waals surface area contributed by atoms with Crippen molar-refractivity contribution >= 4 is 37.5 Å². The lowest BCUT2D eigenvalue weighted by Crippen LogP contribution is -2.26. The lowest BCUT2D eigenvalue weighted by Gasteiger charge is -2.11. The molecule has 0 bridgehead atoms. The van der Waals surface area contributed by atoms with Crippen LogP contribution in [0.2, 0.25) is 0 Å². The van der Waals surface area contributed by atoms with Crippen molar-refractivity contribution in [3.05, 3.63) is 94.2 Å². The number of rotatable bonds is 7. The third-order valence-electron chi connectivity index (χ3n) is 4.16. The molecule has 150 valence electrons. The Morgan fingerprint density at radius 1 is 0.966 bits per heavy atom. The summed E-state index contributed by atoms with van der Waals surface area (Å²) in [6, 6.07) is 19.4. The first-order valence-electron chi connectivity index (χ1n) is 8.76. The van der Waals surface area contributed by atoms with Crippen molar-refractivity contribution in [1.82, 2.24) is 4.72 Å². The third-order valence-corrected chi connectivity index (χ3v) is 6.31. The molecule has 5 nitrogen and oxygen atoms in total. The molecule has 8 heteroatoms. The van der Waals surface area contributed by atoms with Gasteiger partial charge in [-0.1, -0.05) is 42.5 Å². The topological polar surface area (TPSA) is 75.3 Å². The van der Waals surface area contributed by atoms with Crippen molar-refractivity contribution in [2.75, 3.05) is 11.9 Å². The SMILES string of the molecule is O=C(Nc1ccccc1Br)c1cc(S(=O)(=O)NCCc2ccccc2)ccc1F. The average molecular weight is 477 g/mol. The van der Waals surface area contributed by atoms with Crippen molar-refractivity contribution < 1.29 is 17.6 Å². The molecule has 0 fully saturated rings. The van der Waals surface area contributed by atoms with E-state index < -0.39 is 21.7 Å². The Hall–Kier alpha value is -2.55. The fourth-order valence-electron chi connectivity index (χ4n) is 2.66. The van der Waals surface area contributed by atoms with E-state index in [1.807, 2.05) is 30.3 Å². The van der Waals surface area contributed by atoms with E-state index in [1.54, 1.807) is 24.3 Å². The van der Waals surface area contributed by atoms with E-state index in [9.17, 15) is 17.6 Å². The van der Waals surface area contributed by atoms with Crippen LogP contribution in [-0.4, -0.2) is 20.9 Å². The maximum absolute atomic E-state index is 14.2. The van der Waals surface area contributed by atoms with Crippen molar-refractivity contribution in [3.8, 4) is 0 Å². The van der Waals surface area contributed by atoms with Gasteiger partial charge in [-0.2, -0.15) is 0 Å². The molecule has 0 atom stereocenters. The molecule has 2 N–H and O–H groups in total. The first kappa shape index (κ1) is 21.2. The number of carbonyl (C=O) groups is 1. The van der Waals surface area contributed by atoms with Crippen LogP contribution in [0.15, 0.2) is 82.2 Å².